The Morgan fingerprint density at radius 1 is 1.38 bits per heavy atom. The lowest BCUT2D eigenvalue weighted by Crippen LogP contribution is -2.39. The highest BCUT2D eigenvalue weighted by molar-refractivity contribution is 14.0. The van der Waals surface area contributed by atoms with Gasteiger partial charge in [0.2, 0.25) is 0 Å². The largest absolute Gasteiger partial charge is 0.357 e. The molecule has 1 atom stereocenters. The Hall–Kier alpha value is 0.01000. The van der Waals surface area contributed by atoms with Crippen LogP contribution in [0.5, 0.6) is 0 Å². The normalized spacial score (nSPS) is 16.7. The number of hydrogen-bond donors (Lipinski definition) is 2. The average molecular weight is 483 g/mol. The Morgan fingerprint density at radius 2 is 2.17 bits per heavy atom. The summed E-state index contributed by atoms with van der Waals surface area (Å²) in [4.78, 5) is 8.89. The summed E-state index contributed by atoms with van der Waals surface area (Å²) >= 11 is 3.75. The third kappa shape index (κ3) is 7.49. The minimum absolute atomic E-state index is 0. The van der Waals surface area contributed by atoms with E-state index in [1.54, 1.807) is 0 Å². The van der Waals surface area contributed by atoms with Gasteiger partial charge in [0.05, 0.1) is 12.6 Å². The third-order valence-corrected chi connectivity index (χ3v) is 5.71. The van der Waals surface area contributed by atoms with Crippen LogP contribution in [-0.2, 0) is 0 Å². The zero-order valence-electron chi connectivity index (χ0n) is 14.8. The lowest BCUT2D eigenvalue weighted by Gasteiger charge is -2.25. The molecule has 2 rings (SSSR count). The van der Waals surface area contributed by atoms with Crippen molar-refractivity contribution in [1.29, 1.82) is 0 Å². The van der Waals surface area contributed by atoms with E-state index in [0.29, 0.717) is 6.04 Å². The van der Waals surface area contributed by atoms with Gasteiger partial charge in [-0.2, -0.15) is 11.8 Å². The van der Waals surface area contributed by atoms with Gasteiger partial charge in [-0.15, -0.1) is 35.3 Å². The van der Waals surface area contributed by atoms with Crippen LogP contribution < -0.4 is 10.6 Å². The van der Waals surface area contributed by atoms with E-state index in [2.05, 4.69) is 46.2 Å². The van der Waals surface area contributed by atoms with Gasteiger partial charge in [-0.1, -0.05) is 6.07 Å². The zero-order chi connectivity index (χ0) is 16.3. The van der Waals surface area contributed by atoms with Crippen molar-refractivity contribution in [2.24, 2.45) is 4.99 Å². The van der Waals surface area contributed by atoms with E-state index in [1.807, 2.05) is 23.1 Å². The number of nitrogens with one attached hydrogen (secondary N) is 2. The van der Waals surface area contributed by atoms with Crippen LogP contribution >= 0.6 is 47.1 Å². The molecule has 4 nitrogen and oxygen atoms in total. The first-order valence-electron chi connectivity index (χ1n) is 8.63. The van der Waals surface area contributed by atoms with E-state index in [-0.39, 0.29) is 24.0 Å². The Morgan fingerprint density at radius 3 is 2.79 bits per heavy atom. The number of thiophene rings is 1. The summed E-state index contributed by atoms with van der Waals surface area (Å²) < 4.78 is 0. The van der Waals surface area contributed by atoms with Gasteiger partial charge in [0.25, 0.3) is 0 Å². The van der Waals surface area contributed by atoms with E-state index < -0.39 is 0 Å². The fourth-order valence-corrected chi connectivity index (χ4v) is 4.15. The first-order valence-corrected chi connectivity index (χ1v) is 10.9. The van der Waals surface area contributed by atoms with Crippen molar-refractivity contribution in [2.45, 2.75) is 32.2 Å². The SMILES string of the molecule is CCNC(=NCC(c1cccs1)N1CCCC1)NCCCSC.I. The first-order chi connectivity index (χ1) is 11.3. The van der Waals surface area contributed by atoms with E-state index >= 15 is 0 Å². The van der Waals surface area contributed by atoms with Crippen molar-refractivity contribution in [3.63, 3.8) is 0 Å². The fraction of sp³-hybridized carbons (Fsp3) is 0.706. The van der Waals surface area contributed by atoms with Gasteiger partial charge in [-0.25, -0.2) is 0 Å². The van der Waals surface area contributed by atoms with Crippen LogP contribution in [0, 0.1) is 0 Å². The third-order valence-electron chi connectivity index (χ3n) is 4.04. The molecule has 1 fully saturated rings. The van der Waals surface area contributed by atoms with Crippen molar-refractivity contribution in [3.05, 3.63) is 22.4 Å². The first kappa shape index (κ1) is 22.1. The second kappa shape index (κ2) is 13.2. The minimum atomic E-state index is 0. The second-order valence-electron chi connectivity index (χ2n) is 5.77. The molecule has 0 amide bonds. The Bertz CT molecular complexity index is 447. The van der Waals surface area contributed by atoms with E-state index in [1.165, 1.54) is 43.0 Å². The molecule has 2 heterocycles. The molecule has 138 valence electrons. The van der Waals surface area contributed by atoms with Gasteiger partial charge in [0, 0.05) is 18.0 Å². The summed E-state index contributed by atoms with van der Waals surface area (Å²) in [5, 5.41) is 9.00. The summed E-state index contributed by atoms with van der Waals surface area (Å²) in [5.74, 6) is 2.15. The maximum Gasteiger partial charge on any atom is 0.191 e. The number of thioether (sulfide) groups is 1. The van der Waals surface area contributed by atoms with Gasteiger partial charge in [0.15, 0.2) is 5.96 Å². The van der Waals surface area contributed by atoms with Crippen LogP contribution in [0.4, 0.5) is 0 Å². The van der Waals surface area contributed by atoms with Crippen molar-refractivity contribution >= 4 is 53.0 Å². The van der Waals surface area contributed by atoms with E-state index in [9.17, 15) is 0 Å². The van der Waals surface area contributed by atoms with Crippen molar-refractivity contribution in [1.82, 2.24) is 15.5 Å². The number of likely N-dealkylation sites (tertiary alicyclic amines) is 1. The molecule has 1 aromatic rings. The van der Waals surface area contributed by atoms with Gasteiger partial charge < -0.3 is 10.6 Å². The van der Waals surface area contributed by atoms with Gasteiger partial charge in [0.1, 0.15) is 0 Å². The molecular weight excluding hydrogens is 451 g/mol. The van der Waals surface area contributed by atoms with E-state index in [4.69, 9.17) is 4.99 Å². The second-order valence-corrected chi connectivity index (χ2v) is 7.73. The lowest BCUT2D eigenvalue weighted by molar-refractivity contribution is 0.255. The topological polar surface area (TPSA) is 39.7 Å². The molecule has 0 bridgehead atoms. The summed E-state index contributed by atoms with van der Waals surface area (Å²) in [6.07, 6.45) is 5.96. The van der Waals surface area contributed by atoms with Crippen LogP contribution in [0.3, 0.4) is 0 Å². The van der Waals surface area contributed by atoms with Crippen molar-refractivity contribution in [2.75, 3.05) is 44.7 Å². The molecule has 1 saturated heterocycles. The van der Waals surface area contributed by atoms with Crippen LogP contribution in [0.15, 0.2) is 22.5 Å². The minimum Gasteiger partial charge on any atom is -0.357 e. The zero-order valence-corrected chi connectivity index (χ0v) is 18.8. The molecule has 24 heavy (non-hydrogen) atoms. The van der Waals surface area contributed by atoms with Crippen molar-refractivity contribution < 1.29 is 0 Å². The molecule has 1 aliphatic rings. The number of hydrogen-bond acceptors (Lipinski definition) is 4. The highest BCUT2D eigenvalue weighted by Crippen LogP contribution is 2.28. The monoisotopic (exact) mass is 482 g/mol. The van der Waals surface area contributed by atoms with Crippen LogP contribution in [0.25, 0.3) is 0 Å². The number of aliphatic imine (C=N–C) groups is 1. The number of guanidine groups is 1. The number of rotatable bonds is 9. The van der Waals surface area contributed by atoms with Gasteiger partial charge in [-0.3, -0.25) is 9.89 Å². The number of halogens is 1. The Balaban J connectivity index is 0.00000288. The molecule has 7 heteroatoms. The summed E-state index contributed by atoms with van der Waals surface area (Å²) in [5.41, 5.74) is 0. The maximum absolute atomic E-state index is 4.86. The Kier molecular flexibility index (Phi) is 12.2. The highest BCUT2D eigenvalue weighted by atomic mass is 127. The standard InChI is InChI=1S/C17H30N4S2.HI/c1-3-18-17(19-9-7-12-22-2)20-14-15(16-8-6-13-23-16)21-10-4-5-11-21;/h6,8,13,15H,3-5,7,9-12,14H2,1-2H3,(H2,18,19,20);1H. The molecule has 0 radical (unpaired) electrons. The highest BCUT2D eigenvalue weighted by Gasteiger charge is 2.24. The smallest absolute Gasteiger partial charge is 0.191 e. The number of nitrogens with zero attached hydrogens (tertiary/aromatic N) is 2. The molecular formula is C17H31IN4S2. The predicted octanol–water partition coefficient (Wildman–Crippen LogP) is 3.81. The Labute approximate surface area is 172 Å². The van der Waals surface area contributed by atoms with Crippen LogP contribution in [0.2, 0.25) is 0 Å². The molecule has 1 aromatic heterocycles. The molecule has 1 unspecified atom stereocenters. The molecule has 2 N–H and O–H groups in total. The molecule has 0 saturated carbocycles. The quantitative estimate of drug-likeness (QED) is 0.243. The molecule has 0 spiro atoms. The van der Waals surface area contributed by atoms with Gasteiger partial charge in [-0.05, 0) is 62.7 Å². The fourth-order valence-electron chi connectivity index (χ4n) is 2.86. The molecule has 0 aliphatic carbocycles. The maximum atomic E-state index is 4.86. The molecule has 0 aromatic carbocycles. The van der Waals surface area contributed by atoms with Crippen LogP contribution in [0.1, 0.15) is 37.1 Å². The molecule has 1 aliphatic heterocycles. The lowest BCUT2D eigenvalue weighted by atomic mass is 10.2. The van der Waals surface area contributed by atoms with E-state index in [0.717, 1.165) is 25.6 Å². The summed E-state index contributed by atoms with van der Waals surface area (Å²) in [6.45, 7) is 7.25. The summed E-state index contributed by atoms with van der Waals surface area (Å²) in [7, 11) is 0. The average Bonchev–Trinajstić information content (AvgIpc) is 3.25. The summed E-state index contributed by atoms with van der Waals surface area (Å²) in [6, 6.07) is 4.83. The van der Waals surface area contributed by atoms with Crippen molar-refractivity contribution in [3.8, 4) is 0 Å². The predicted molar refractivity (Wildman–Crippen MR) is 120 cm³/mol. The van der Waals surface area contributed by atoms with Gasteiger partial charge >= 0.3 is 0 Å². The van der Waals surface area contributed by atoms with Crippen LogP contribution in [-0.4, -0.2) is 55.6 Å².